The van der Waals surface area contributed by atoms with Gasteiger partial charge in [0.2, 0.25) is 5.91 Å². The summed E-state index contributed by atoms with van der Waals surface area (Å²) in [7, 11) is 0. The maximum atomic E-state index is 11.7. The van der Waals surface area contributed by atoms with Crippen molar-refractivity contribution < 1.29 is 9.53 Å². The second kappa shape index (κ2) is 5.38. The number of nitrogens with one attached hydrogen (secondary N) is 1. The zero-order chi connectivity index (χ0) is 12.3. The van der Waals surface area contributed by atoms with Gasteiger partial charge in [0.15, 0.2) is 0 Å². The van der Waals surface area contributed by atoms with Crippen molar-refractivity contribution in [1.82, 2.24) is 0 Å². The van der Waals surface area contributed by atoms with Crippen molar-refractivity contribution >= 4 is 28.9 Å². The van der Waals surface area contributed by atoms with Crippen LogP contribution in [0.4, 0.5) is 11.4 Å². The Kier molecular flexibility index (Phi) is 3.86. The maximum Gasteiger partial charge on any atom is 0.227 e. The van der Waals surface area contributed by atoms with Crippen molar-refractivity contribution in [1.29, 1.82) is 0 Å². The Labute approximate surface area is 105 Å². The molecule has 0 aliphatic carbocycles. The fraction of sp³-hybridized carbons (Fsp3) is 0.417. The molecule has 0 spiro atoms. The van der Waals surface area contributed by atoms with E-state index in [4.69, 9.17) is 22.1 Å². The summed E-state index contributed by atoms with van der Waals surface area (Å²) in [6.45, 7) is 0.747. The summed E-state index contributed by atoms with van der Waals surface area (Å²) in [6, 6.07) is 5.00. The van der Waals surface area contributed by atoms with Crippen LogP contribution in [0.1, 0.15) is 19.3 Å². The van der Waals surface area contributed by atoms with E-state index in [2.05, 4.69) is 5.32 Å². The van der Waals surface area contributed by atoms with Gasteiger partial charge in [-0.25, -0.2) is 0 Å². The number of nitrogens with two attached hydrogens (primary N) is 1. The predicted octanol–water partition coefficient (Wildman–Crippen LogP) is 2.43. The number of hydrogen-bond donors (Lipinski definition) is 2. The summed E-state index contributed by atoms with van der Waals surface area (Å²) in [5.74, 6) is -0.0918. The third kappa shape index (κ3) is 3.35. The number of amides is 1. The van der Waals surface area contributed by atoms with Crippen LogP contribution in [0.15, 0.2) is 18.2 Å². The van der Waals surface area contributed by atoms with Crippen LogP contribution < -0.4 is 11.1 Å². The molecule has 17 heavy (non-hydrogen) atoms. The van der Waals surface area contributed by atoms with Crippen LogP contribution >= 0.6 is 11.6 Å². The molecule has 1 fully saturated rings. The highest BCUT2D eigenvalue weighted by molar-refractivity contribution is 6.31. The summed E-state index contributed by atoms with van der Waals surface area (Å²) in [4.78, 5) is 11.7. The molecule has 1 amide bonds. The molecule has 1 saturated heterocycles. The topological polar surface area (TPSA) is 64.3 Å². The van der Waals surface area contributed by atoms with Crippen LogP contribution in [0.25, 0.3) is 0 Å². The van der Waals surface area contributed by atoms with E-state index in [9.17, 15) is 4.79 Å². The largest absolute Gasteiger partial charge is 0.397 e. The van der Waals surface area contributed by atoms with Gasteiger partial charge < -0.3 is 15.8 Å². The van der Waals surface area contributed by atoms with E-state index >= 15 is 0 Å². The van der Waals surface area contributed by atoms with E-state index in [1.165, 1.54) is 0 Å². The van der Waals surface area contributed by atoms with Crippen molar-refractivity contribution in [3.8, 4) is 0 Å². The van der Waals surface area contributed by atoms with E-state index in [0.717, 1.165) is 19.4 Å². The molecule has 1 aromatic carbocycles. The van der Waals surface area contributed by atoms with E-state index in [1.807, 2.05) is 0 Å². The molecular weight excluding hydrogens is 240 g/mol. The van der Waals surface area contributed by atoms with Gasteiger partial charge in [0.25, 0.3) is 0 Å². The highest BCUT2D eigenvalue weighted by atomic mass is 35.5. The Hall–Kier alpha value is -1.26. The minimum absolute atomic E-state index is 0.0374. The van der Waals surface area contributed by atoms with Crippen molar-refractivity contribution in [3.05, 3.63) is 23.2 Å². The zero-order valence-electron chi connectivity index (χ0n) is 9.41. The molecule has 0 bridgehead atoms. The fourth-order valence-corrected chi connectivity index (χ4v) is 2.02. The molecule has 1 atom stereocenters. The second-order valence-corrected chi connectivity index (χ2v) is 4.56. The number of carbonyl (C=O) groups is 1. The first-order valence-electron chi connectivity index (χ1n) is 5.61. The number of halogens is 1. The van der Waals surface area contributed by atoms with Gasteiger partial charge in [0.05, 0.1) is 23.9 Å². The monoisotopic (exact) mass is 254 g/mol. The van der Waals surface area contributed by atoms with E-state index in [0.29, 0.717) is 22.8 Å². The van der Waals surface area contributed by atoms with Gasteiger partial charge in [-0.1, -0.05) is 11.6 Å². The summed E-state index contributed by atoms with van der Waals surface area (Å²) >= 11 is 5.84. The molecule has 3 N–H and O–H groups in total. The molecule has 4 nitrogen and oxygen atoms in total. The first-order valence-corrected chi connectivity index (χ1v) is 5.99. The number of benzene rings is 1. The number of nitrogen functional groups attached to an aromatic ring is 1. The lowest BCUT2D eigenvalue weighted by molar-refractivity contribution is -0.118. The number of ether oxygens (including phenoxy) is 1. The molecule has 1 aliphatic heterocycles. The number of hydrogen-bond acceptors (Lipinski definition) is 3. The first kappa shape index (κ1) is 12.2. The number of carbonyl (C=O) groups excluding carboxylic acids is 1. The fourth-order valence-electron chi connectivity index (χ4n) is 1.85. The molecule has 1 unspecified atom stereocenters. The molecule has 2 rings (SSSR count). The SMILES string of the molecule is Nc1ccc(Cl)cc1NC(=O)CC1CCCO1. The van der Waals surface area contributed by atoms with Crippen molar-refractivity contribution in [2.75, 3.05) is 17.7 Å². The molecule has 1 aromatic rings. The lowest BCUT2D eigenvalue weighted by Gasteiger charge is -2.11. The van der Waals surface area contributed by atoms with Gasteiger partial charge in [-0.2, -0.15) is 0 Å². The van der Waals surface area contributed by atoms with Gasteiger partial charge in [0.1, 0.15) is 0 Å². The quantitative estimate of drug-likeness (QED) is 0.815. The molecule has 0 radical (unpaired) electrons. The van der Waals surface area contributed by atoms with Crippen LogP contribution in [0.5, 0.6) is 0 Å². The van der Waals surface area contributed by atoms with Gasteiger partial charge in [-0.05, 0) is 31.0 Å². The zero-order valence-corrected chi connectivity index (χ0v) is 10.2. The Morgan fingerprint density at radius 1 is 1.59 bits per heavy atom. The highest BCUT2D eigenvalue weighted by Crippen LogP contribution is 2.23. The minimum atomic E-state index is -0.0918. The smallest absolute Gasteiger partial charge is 0.227 e. The molecule has 1 heterocycles. The van der Waals surface area contributed by atoms with Crippen LogP contribution in [0.3, 0.4) is 0 Å². The van der Waals surface area contributed by atoms with Gasteiger partial charge in [0, 0.05) is 11.6 Å². The van der Waals surface area contributed by atoms with Crippen LogP contribution in [-0.4, -0.2) is 18.6 Å². The maximum absolute atomic E-state index is 11.7. The number of anilines is 2. The molecule has 0 aromatic heterocycles. The van der Waals surface area contributed by atoms with E-state index < -0.39 is 0 Å². The summed E-state index contributed by atoms with van der Waals surface area (Å²) < 4.78 is 5.40. The Balaban J connectivity index is 1.95. The first-order chi connectivity index (χ1) is 8.15. The third-order valence-corrected chi connectivity index (χ3v) is 2.96. The van der Waals surface area contributed by atoms with Gasteiger partial charge in [-0.15, -0.1) is 0 Å². The lowest BCUT2D eigenvalue weighted by atomic mass is 10.1. The van der Waals surface area contributed by atoms with Crippen molar-refractivity contribution in [3.63, 3.8) is 0 Å². The summed E-state index contributed by atoms with van der Waals surface area (Å²) in [5, 5.41) is 3.30. The molecular formula is C12H15ClN2O2. The average molecular weight is 255 g/mol. The Morgan fingerprint density at radius 3 is 3.12 bits per heavy atom. The normalized spacial score (nSPS) is 19.2. The van der Waals surface area contributed by atoms with E-state index in [1.54, 1.807) is 18.2 Å². The molecule has 0 saturated carbocycles. The minimum Gasteiger partial charge on any atom is -0.397 e. The van der Waals surface area contributed by atoms with Crippen molar-refractivity contribution in [2.24, 2.45) is 0 Å². The Bertz CT molecular complexity index is 417. The van der Waals surface area contributed by atoms with Gasteiger partial charge in [-0.3, -0.25) is 4.79 Å². The van der Waals surface area contributed by atoms with Gasteiger partial charge >= 0.3 is 0 Å². The molecule has 92 valence electrons. The third-order valence-electron chi connectivity index (χ3n) is 2.73. The molecule has 5 heteroatoms. The van der Waals surface area contributed by atoms with Crippen LogP contribution in [-0.2, 0) is 9.53 Å². The predicted molar refractivity (Wildman–Crippen MR) is 68.1 cm³/mol. The standard InChI is InChI=1S/C12H15ClN2O2/c13-8-3-4-10(14)11(6-8)15-12(16)7-9-2-1-5-17-9/h3-4,6,9H,1-2,5,7,14H2,(H,15,16). The second-order valence-electron chi connectivity index (χ2n) is 4.12. The lowest BCUT2D eigenvalue weighted by Crippen LogP contribution is -2.19. The highest BCUT2D eigenvalue weighted by Gasteiger charge is 2.19. The van der Waals surface area contributed by atoms with Crippen LogP contribution in [0.2, 0.25) is 5.02 Å². The number of rotatable bonds is 3. The summed E-state index contributed by atoms with van der Waals surface area (Å²) in [6.07, 6.45) is 2.37. The Morgan fingerprint density at radius 2 is 2.41 bits per heavy atom. The van der Waals surface area contributed by atoms with Crippen molar-refractivity contribution in [2.45, 2.75) is 25.4 Å². The van der Waals surface area contributed by atoms with Crippen LogP contribution in [0, 0.1) is 0 Å². The average Bonchev–Trinajstić information content (AvgIpc) is 2.76. The molecule has 1 aliphatic rings. The summed E-state index contributed by atoms with van der Waals surface area (Å²) in [5.41, 5.74) is 6.81. The van der Waals surface area contributed by atoms with E-state index in [-0.39, 0.29) is 12.0 Å².